The lowest BCUT2D eigenvalue weighted by Gasteiger charge is -2.17. The highest BCUT2D eigenvalue weighted by molar-refractivity contribution is 5.79. The minimum Gasteiger partial charge on any atom is -0.393 e. The summed E-state index contributed by atoms with van der Waals surface area (Å²) in [6.07, 6.45) is 4.74. The summed E-state index contributed by atoms with van der Waals surface area (Å²) in [5, 5.41) is 12.1. The van der Waals surface area contributed by atoms with Gasteiger partial charge in [-0.1, -0.05) is 12.8 Å². The van der Waals surface area contributed by atoms with Crippen LogP contribution in [0.2, 0.25) is 0 Å². The number of hydrogen-bond acceptors (Lipinski definition) is 2. The molecule has 82 valence electrons. The number of aliphatic hydroxyl groups is 1. The van der Waals surface area contributed by atoms with Gasteiger partial charge < -0.3 is 10.4 Å². The van der Waals surface area contributed by atoms with Crippen molar-refractivity contribution < 1.29 is 9.90 Å². The summed E-state index contributed by atoms with van der Waals surface area (Å²) in [6.45, 7) is 3.69. The van der Waals surface area contributed by atoms with Crippen LogP contribution in [0.3, 0.4) is 0 Å². The molecule has 1 rings (SSSR count). The molecule has 0 aromatic carbocycles. The third-order valence-corrected chi connectivity index (χ3v) is 2.81. The summed E-state index contributed by atoms with van der Waals surface area (Å²) in [7, 11) is 0. The standard InChI is InChI=1S/C11H21NO2/c1-8(7-9(2)13)12-11(14)10-5-3-4-6-10/h8-10,13H,3-7H2,1-2H3,(H,12,14). The predicted molar refractivity (Wildman–Crippen MR) is 55.9 cm³/mol. The minimum absolute atomic E-state index is 0.0862. The zero-order valence-corrected chi connectivity index (χ0v) is 9.12. The lowest BCUT2D eigenvalue weighted by atomic mass is 10.1. The van der Waals surface area contributed by atoms with Crippen molar-refractivity contribution in [2.75, 3.05) is 0 Å². The second kappa shape index (κ2) is 5.35. The highest BCUT2D eigenvalue weighted by atomic mass is 16.3. The molecule has 1 amide bonds. The molecule has 0 aliphatic heterocycles. The fourth-order valence-electron chi connectivity index (χ4n) is 2.12. The number of nitrogens with one attached hydrogen (secondary N) is 1. The highest BCUT2D eigenvalue weighted by Gasteiger charge is 2.23. The van der Waals surface area contributed by atoms with Gasteiger partial charge in [0.25, 0.3) is 0 Å². The van der Waals surface area contributed by atoms with Crippen molar-refractivity contribution in [2.24, 2.45) is 5.92 Å². The molecule has 3 nitrogen and oxygen atoms in total. The largest absolute Gasteiger partial charge is 0.393 e. The lowest BCUT2D eigenvalue weighted by Crippen LogP contribution is -2.37. The Kier molecular flexibility index (Phi) is 4.39. The maximum absolute atomic E-state index is 11.6. The minimum atomic E-state index is -0.339. The average Bonchev–Trinajstić information content (AvgIpc) is 2.53. The van der Waals surface area contributed by atoms with Crippen LogP contribution in [0.1, 0.15) is 46.0 Å². The Morgan fingerprint density at radius 2 is 2.00 bits per heavy atom. The number of amides is 1. The Bertz CT molecular complexity index is 186. The molecule has 14 heavy (non-hydrogen) atoms. The first-order chi connectivity index (χ1) is 6.59. The van der Waals surface area contributed by atoms with Crippen LogP contribution in [-0.4, -0.2) is 23.2 Å². The number of carbonyl (C=O) groups is 1. The predicted octanol–water partition coefficient (Wildman–Crippen LogP) is 1.45. The van der Waals surface area contributed by atoms with Gasteiger partial charge in [-0.2, -0.15) is 0 Å². The Morgan fingerprint density at radius 1 is 1.43 bits per heavy atom. The second-order valence-electron chi connectivity index (χ2n) is 4.48. The molecule has 3 heteroatoms. The fraction of sp³-hybridized carbons (Fsp3) is 0.909. The fourth-order valence-corrected chi connectivity index (χ4v) is 2.12. The molecule has 1 saturated carbocycles. The normalized spacial score (nSPS) is 21.9. The van der Waals surface area contributed by atoms with Crippen LogP contribution < -0.4 is 5.32 Å². The Labute approximate surface area is 85.9 Å². The van der Waals surface area contributed by atoms with Gasteiger partial charge in [0.05, 0.1) is 6.10 Å². The van der Waals surface area contributed by atoms with E-state index in [0.717, 1.165) is 12.8 Å². The van der Waals surface area contributed by atoms with Crippen LogP contribution in [0, 0.1) is 5.92 Å². The third-order valence-electron chi connectivity index (χ3n) is 2.81. The zero-order chi connectivity index (χ0) is 10.6. The molecule has 1 fully saturated rings. The van der Waals surface area contributed by atoms with Gasteiger partial charge in [0.1, 0.15) is 0 Å². The van der Waals surface area contributed by atoms with E-state index in [1.54, 1.807) is 6.92 Å². The van der Waals surface area contributed by atoms with Crippen molar-refractivity contribution >= 4 is 5.91 Å². The van der Waals surface area contributed by atoms with E-state index < -0.39 is 0 Å². The number of rotatable bonds is 4. The van der Waals surface area contributed by atoms with E-state index in [1.807, 2.05) is 6.92 Å². The third kappa shape index (κ3) is 3.66. The monoisotopic (exact) mass is 199 g/mol. The number of carbonyl (C=O) groups excluding carboxylic acids is 1. The Morgan fingerprint density at radius 3 is 2.50 bits per heavy atom. The molecule has 0 radical (unpaired) electrons. The zero-order valence-electron chi connectivity index (χ0n) is 9.12. The van der Waals surface area contributed by atoms with Gasteiger partial charge in [-0.25, -0.2) is 0 Å². The van der Waals surface area contributed by atoms with Gasteiger partial charge in [0.2, 0.25) is 5.91 Å². The number of aliphatic hydroxyl groups excluding tert-OH is 1. The van der Waals surface area contributed by atoms with Crippen molar-refractivity contribution in [1.29, 1.82) is 0 Å². The molecular formula is C11H21NO2. The van der Waals surface area contributed by atoms with Gasteiger partial charge in [0, 0.05) is 12.0 Å². The van der Waals surface area contributed by atoms with Crippen molar-refractivity contribution in [1.82, 2.24) is 5.32 Å². The summed E-state index contributed by atoms with van der Waals surface area (Å²) >= 11 is 0. The summed E-state index contributed by atoms with van der Waals surface area (Å²) in [5.74, 6) is 0.405. The molecule has 0 spiro atoms. The highest BCUT2D eigenvalue weighted by Crippen LogP contribution is 2.24. The van der Waals surface area contributed by atoms with Gasteiger partial charge in [-0.05, 0) is 33.1 Å². The molecular weight excluding hydrogens is 178 g/mol. The molecule has 0 bridgehead atoms. The van der Waals surface area contributed by atoms with Crippen LogP contribution in [-0.2, 0) is 4.79 Å². The van der Waals surface area contributed by atoms with Crippen LogP contribution >= 0.6 is 0 Å². The molecule has 1 aliphatic rings. The van der Waals surface area contributed by atoms with E-state index in [1.165, 1.54) is 12.8 Å². The molecule has 2 unspecified atom stereocenters. The quantitative estimate of drug-likeness (QED) is 0.720. The first-order valence-corrected chi connectivity index (χ1v) is 5.58. The van der Waals surface area contributed by atoms with E-state index in [-0.39, 0.29) is 24.0 Å². The second-order valence-corrected chi connectivity index (χ2v) is 4.48. The van der Waals surface area contributed by atoms with Gasteiger partial charge in [-0.15, -0.1) is 0 Å². The first-order valence-electron chi connectivity index (χ1n) is 5.58. The molecule has 0 aromatic rings. The van der Waals surface area contributed by atoms with Crippen molar-refractivity contribution in [3.8, 4) is 0 Å². The van der Waals surface area contributed by atoms with Crippen LogP contribution in [0.4, 0.5) is 0 Å². The molecule has 2 N–H and O–H groups in total. The van der Waals surface area contributed by atoms with Crippen molar-refractivity contribution in [3.05, 3.63) is 0 Å². The SMILES string of the molecule is CC(O)CC(C)NC(=O)C1CCCC1. The molecule has 0 saturated heterocycles. The Balaban J connectivity index is 2.25. The van der Waals surface area contributed by atoms with Gasteiger partial charge in [-0.3, -0.25) is 4.79 Å². The summed E-state index contributed by atoms with van der Waals surface area (Å²) in [5.41, 5.74) is 0. The van der Waals surface area contributed by atoms with Crippen LogP contribution in [0.5, 0.6) is 0 Å². The average molecular weight is 199 g/mol. The first kappa shape index (κ1) is 11.5. The van der Waals surface area contributed by atoms with Gasteiger partial charge >= 0.3 is 0 Å². The maximum atomic E-state index is 11.6. The van der Waals surface area contributed by atoms with Crippen molar-refractivity contribution in [2.45, 2.75) is 58.1 Å². The number of hydrogen-bond donors (Lipinski definition) is 2. The lowest BCUT2D eigenvalue weighted by molar-refractivity contribution is -0.125. The topological polar surface area (TPSA) is 49.3 Å². The summed E-state index contributed by atoms with van der Waals surface area (Å²) < 4.78 is 0. The van der Waals surface area contributed by atoms with Crippen LogP contribution in [0.25, 0.3) is 0 Å². The van der Waals surface area contributed by atoms with Crippen LogP contribution in [0.15, 0.2) is 0 Å². The maximum Gasteiger partial charge on any atom is 0.223 e. The summed E-state index contributed by atoms with van der Waals surface area (Å²) in [6, 6.07) is 0.0862. The molecule has 0 aromatic heterocycles. The van der Waals surface area contributed by atoms with E-state index in [4.69, 9.17) is 5.11 Å². The summed E-state index contributed by atoms with van der Waals surface area (Å²) in [4.78, 5) is 11.6. The van der Waals surface area contributed by atoms with Crippen molar-refractivity contribution in [3.63, 3.8) is 0 Å². The van der Waals surface area contributed by atoms with E-state index in [0.29, 0.717) is 6.42 Å². The molecule has 2 atom stereocenters. The smallest absolute Gasteiger partial charge is 0.223 e. The van der Waals surface area contributed by atoms with E-state index in [9.17, 15) is 4.79 Å². The molecule has 1 aliphatic carbocycles. The van der Waals surface area contributed by atoms with E-state index >= 15 is 0 Å². The van der Waals surface area contributed by atoms with Gasteiger partial charge in [0.15, 0.2) is 0 Å². The van der Waals surface area contributed by atoms with E-state index in [2.05, 4.69) is 5.32 Å². The molecule has 0 heterocycles. The Hall–Kier alpha value is -0.570.